The van der Waals surface area contributed by atoms with E-state index in [1.54, 1.807) is 4.90 Å². The van der Waals surface area contributed by atoms with Gasteiger partial charge in [0.25, 0.3) is 0 Å². The predicted octanol–water partition coefficient (Wildman–Crippen LogP) is 2.18. The highest BCUT2D eigenvalue weighted by atomic mass is 32.2. The summed E-state index contributed by atoms with van der Waals surface area (Å²) in [6, 6.07) is 9.60. The molecule has 1 saturated carbocycles. The van der Waals surface area contributed by atoms with Crippen molar-refractivity contribution in [2.45, 2.75) is 49.7 Å². The highest BCUT2D eigenvalue weighted by Gasteiger charge is 2.22. The molecule has 1 aliphatic rings. The van der Waals surface area contributed by atoms with Crippen LogP contribution < -0.4 is 10.6 Å². The first-order valence-corrected chi connectivity index (χ1v) is 10.2. The molecule has 8 nitrogen and oxygen atoms in total. The molecular weight excluding hydrogens is 364 g/mol. The van der Waals surface area contributed by atoms with E-state index in [-0.39, 0.29) is 24.6 Å². The Balaban J connectivity index is 1.66. The zero-order valence-corrected chi connectivity index (χ0v) is 16.0. The maximum absolute atomic E-state index is 12.8. The van der Waals surface area contributed by atoms with E-state index in [0.717, 1.165) is 18.5 Å². The van der Waals surface area contributed by atoms with Gasteiger partial charge in [-0.1, -0.05) is 49.2 Å². The Morgan fingerprint density at radius 1 is 1.19 bits per heavy atom. The minimum atomic E-state index is -0.433. The number of rotatable bonds is 8. The van der Waals surface area contributed by atoms with E-state index in [9.17, 15) is 9.59 Å². The standard InChI is InChI=1S/C18H24N6O2S/c19-16(25)11-12-23(14-7-3-1-4-8-14)17(26)13-27-18-20-21-22-24(18)15-9-5-2-6-10-15/h1,3-4,7-8,15H,2,5-6,9-13H2,(H2,19,25). The number of primary amides is 1. The summed E-state index contributed by atoms with van der Waals surface area (Å²) in [5, 5.41) is 12.7. The summed E-state index contributed by atoms with van der Waals surface area (Å²) < 4.78 is 1.85. The summed E-state index contributed by atoms with van der Waals surface area (Å²) in [5.74, 6) is -0.343. The van der Waals surface area contributed by atoms with Crippen LogP contribution in [0.5, 0.6) is 0 Å². The van der Waals surface area contributed by atoms with Gasteiger partial charge < -0.3 is 10.6 Å². The lowest BCUT2D eigenvalue weighted by Crippen LogP contribution is -2.35. The van der Waals surface area contributed by atoms with Crippen molar-refractivity contribution in [1.82, 2.24) is 20.2 Å². The van der Waals surface area contributed by atoms with Crippen molar-refractivity contribution in [1.29, 1.82) is 0 Å². The molecule has 1 aromatic heterocycles. The molecule has 1 heterocycles. The Kier molecular flexibility index (Phi) is 6.80. The molecule has 0 spiro atoms. The van der Waals surface area contributed by atoms with E-state index in [1.807, 2.05) is 35.0 Å². The van der Waals surface area contributed by atoms with Gasteiger partial charge >= 0.3 is 0 Å². The molecule has 2 aromatic rings. The van der Waals surface area contributed by atoms with Crippen molar-refractivity contribution in [3.05, 3.63) is 30.3 Å². The molecular formula is C18H24N6O2S. The number of nitrogens with zero attached hydrogens (tertiary/aromatic N) is 5. The van der Waals surface area contributed by atoms with Gasteiger partial charge in [0.05, 0.1) is 11.8 Å². The Bertz CT molecular complexity index is 760. The van der Waals surface area contributed by atoms with Crippen LogP contribution in [0, 0.1) is 0 Å². The van der Waals surface area contributed by atoms with Gasteiger partial charge in [0, 0.05) is 18.7 Å². The highest BCUT2D eigenvalue weighted by molar-refractivity contribution is 7.99. The Morgan fingerprint density at radius 3 is 2.63 bits per heavy atom. The molecule has 0 unspecified atom stereocenters. The van der Waals surface area contributed by atoms with Crippen molar-refractivity contribution < 1.29 is 9.59 Å². The number of carbonyl (C=O) groups is 2. The van der Waals surface area contributed by atoms with Gasteiger partial charge in [0.15, 0.2) is 0 Å². The second-order valence-electron chi connectivity index (χ2n) is 6.58. The summed E-state index contributed by atoms with van der Waals surface area (Å²) in [5.41, 5.74) is 6.01. The van der Waals surface area contributed by atoms with Gasteiger partial charge in [-0.3, -0.25) is 9.59 Å². The van der Waals surface area contributed by atoms with E-state index in [0.29, 0.717) is 11.2 Å². The van der Waals surface area contributed by atoms with E-state index >= 15 is 0 Å². The van der Waals surface area contributed by atoms with Crippen LogP contribution in [0.15, 0.2) is 35.5 Å². The second kappa shape index (κ2) is 9.50. The number of anilines is 1. The first-order valence-electron chi connectivity index (χ1n) is 9.19. The van der Waals surface area contributed by atoms with Gasteiger partial charge in [-0.2, -0.15) is 0 Å². The first-order chi connectivity index (χ1) is 13.1. The number of amides is 2. The van der Waals surface area contributed by atoms with Crippen molar-refractivity contribution >= 4 is 29.3 Å². The largest absolute Gasteiger partial charge is 0.370 e. The molecule has 2 amide bonds. The molecule has 9 heteroatoms. The van der Waals surface area contributed by atoms with Crippen LogP contribution in [0.1, 0.15) is 44.6 Å². The fourth-order valence-corrected chi connectivity index (χ4v) is 4.09. The molecule has 1 aliphatic carbocycles. The zero-order valence-electron chi connectivity index (χ0n) is 15.2. The average Bonchev–Trinajstić information content (AvgIpc) is 3.16. The maximum Gasteiger partial charge on any atom is 0.237 e. The molecule has 144 valence electrons. The number of nitrogens with two attached hydrogens (primary N) is 1. The average molecular weight is 388 g/mol. The zero-order chi connectivity index (χ0) is 19.1. The summed E-state index contributed by atoms with van der Waals surface area (Å²) in [6.45, 7) is 0.256. The van der Waals surface area contributed by atoms with Crippen molar-refractivity contribution in [3.8, 4) is 0 Å². The predicted molar refractivity (Wildman–Crippen MR) is 103 cm³/mol. The Morgan fingerprint density at radius 2 is 1.93 bits per heavy atom. The number of thioether (sulfide) groups is 1. The van der Waals surface area contributed by atoms with E-state index < -0.39 is 5.91 Å². The Labute approximate surface area is 162 Å². The van der Waals surface area contributed by atoms with Crippen LogP contribution >= 0.6 is 11.8 Å². The van der Waals surface area contributed by atoms with Crippen LogP contribution in [-0.2, 0) is 9.59 Å². The molecule has 0 radical (unpaired) electrons. The van der Waals surface area contributed by atoms with E-state index in [4.69, 9.17) is 5.73 Å². The molecule has 0 atom stereocenters. The third-order valence-corrected chi connectivity index (χ3v) is 5.58. The number of hydrogen-bond donors (Lipinski definition) is 1. The van der Waals surface area contributed by atoms with E-state index in [1.165, 1.54) is 31.0 Å². The van der Waals surface area contributed by atoms with E-state index in [2.05, 4.69) is 15.5 Å². The lowest BCUT2D eigenvalue weighted by atomic mass is 9.96. The van der Waals surface area contributed by atoms with Crippen molar-refractivity contribution in [2.75, 3.05) is 17.2 Å². The van der Waals surface area contributed by atoms with Crippen LogP contribution in [0.2, 0.25) is 0 Å². The van der Waals surface area contributed by atoms with Crippen LogP contribution in [-0.4, -0.2) is 44.3 Å². The van der Waals surface area contributed by atoms with Crippen LogP contribution in [0.3, 0.4) is 0 Å². The summed E-state index contributed by atoms with van der Waals surface area (Å²) in [4.78, 5) is 25.6. The fraction of sp³-hybridized carbons (Fsp3) is 0.500. The summed E-state index contributed by atoms with van der Waals surface area (Å²) in [7, 11) is 0. The number of benzene rings is 1. The minimum Gasteiger partial charge on any atom is -0.370 e. The molecule has 3 rings (SSSR count). The van der Waals surface area contributed by atoms with Gasteiger partial charge in [-0.25, -0.2) is 4.68 Å². The number of aromatic nitrogens is 4. The van der Waals surface area contributed by atoms with Crippen molar-refractivity contribution in [3.63, 3.8) is 0 Å². The highest BCUT2D eigenvalue weighted by Crippen LogP contribution is 2.30. The van der Waals surface area contributed by atoms with Crippen molar-refractivity contribution in [2.24, 2.45) is 5.73 Å². The number of hydrogen-bond acceptors (Lipinski definition) is 6. The maximum atomic E-state index is 12.8. The summed E-state index contributed by atoms with van der Waals surface area (Å²) >= 11 is 1.33. The molecule has 1 fully saturated rings. The quantitative estimate of drug-likeness (QED) is 0.695. The minimum absolute atomic E-state index is 0.106. The fourth-order valence-electron chi connectivity index (χ4n) is 3.27. The number of tetrazole rings is 1. The SMILES string of the molecule is NC(=O)CCN(C(=O)CSc1nnnn1C1CCCCC1)c1ccccc1. The molecule has 27 heavy (non-hydrogen) atoms. The molecule has 0 aliphatic heterocycles. The lowest BCUT2D eigenvalue weighted by Gasteiger charge is -2.23. The monoisotopic (exact) mass is 388 g/mol. The summed E-state index contributed by atoms with van der Waals surface area (Å²) in [6.07, 6.45) is 5.88. The van der Waals surface area contributed by atoms with Gasteiger partial charge in [0.2, 0.25) is 17.0 Å². The van der Waals surface area contributed by atoms with Gasteiger partial charge in [-0.05, 0) is 35.4 Å². The number of para-hydroxylation sites is 1. The Hall–Kier alpha value is -2.42. The van der Waals surface area contributed by atoms with Crippen LogP contribution in [0.4, 0.5) is 5.69 Å². The van der Waals surface area contributed by atoms with Gasteiger partial charge in [-0.15, -0.1) is 5.10 Å². The third-order valence-electron chi connectivity index (χ3n) is 4.66. The number of carbonyl (C=O) groups excluding carboxylic acids is 2. The van der Waals surface area contributed by atoms with Crippen LogP contribution in [0.25, 0.3) is 0 Å². The molecule has 2 N–H and O–H groups in total. The lowest BCUT2D eigenvalue weighted by molar-refractivity contribution is -0.118. The smallest absolute Gasteiger partial charge is 0.237 e. The molecule has 1 aromatic carbocycles. The second-order valence-corrected chi connectivity index (χ2v) is 7.53. The molecule has 0 saturated heterocycles. The third kappa shape index (κ3) is 5.29. The normalized spacial score (nSPS) is 14.8. The topological polar surface area (TPSA) is 107 Å². The van der Waals surface area contributed by atoms with Gasteiger partial charge in [0.1, 0.15) is 0 Å². The first kappa shape index (κ1) is 19.3. The molecule has 0 bridgehead atoms.